The lowest BCUT2D eigenvalue weighted by Crippen LogP contribution is -2.10. The van der Waals surface area contributed by atoms with Crippen LogP contribution in [0.25, 0.3) is 77.2 Å². The average molecular weight is 728 g/mol. The molecule has 0 saturated heterocycles. The highest BCUT2D eigenvalue weighted by Gasteiger charge is 2.18. The van der Waals surface area contributed by atoms with E-state index < -0.39 is 0 Å². The molecule has 2 aromatic heterocycles. The molecule has 0 saturated carbocycles. The summed E-state index contributed by atoms with van der Waals surface area (Å²) in [7, 11) is 0. The van der Waals surface area contributed by atoms with Gasteiger partial charge in [0.2, 0.25) is 0 Å². The van der Waals surface area contributed by atoms with Crippen molar-refractivity contribution in [3.05, 3.63) is 224 Å². The molecule has 0 N–H and O–H groups in total. The summed E-state index contributed by atoms with van der Waals surface area (Å²) in [6.07, 6.45) is 0. The molecule has 0 atom stereocenters. The number of aromatic nitrogens is 2. The van der Waals surface area contributed by atoms with Crippen LogP contribution >= 0.6 is 0 Å². The molecule has 3 nitrogen and oxygen atoms in total. The van der Waals surface area contributed by atoms with Crippen LogP contribution in [0.4, 0.5) is 17.1 Å². The van der Waals surface area contributed by atoms with E-state index in [0.717, 1.165) is 34.0 Å². The molecule has 268 valence electrons. The summed E-state index contributed by atoms with van der Waals surface area (Å²) in [5.41, 5.74) is 15.1. The molecule has 3 heteroatoms. The molecule has 0 aliphatic heterocycles. The van der Waals surface area contributed by atoms with Crippen LogP contribution in [0.15, 0.2) is 224 Å². The van der Waals surface area contributed by atoms with E-state index in [2.05, 4.69) is 238 Å². The highest BCUT2D eigenvalue weighted by atomic mass is 15.1. The maximum atomic E-state index is 2.40. The number of anilines is 3. The molecule has 2 heterocycles. The Morgan fingerprint density at radius 3 is 1.23 bits per heavy atom. The molecule has 0 fully saturated rings. The average Bonchev–Trinajstić information content (AvgIpc) is 3.80. The zero-order valence-corrected chi connectivity index (χ0v) is 31.2. The van der Waals surface area contributed by atoms with Crippen LogP contribution in [0.2, 0.25) is 0 Å². The summed E-state index contributed by atoms with van der Waals surface area (Å²) in [5.74, 6) is 0. The minimum atomic E-state index is 1.09. The molecule has 11 rings (SSSR count). The van der Waals surface area contributed by atoms with Crippen molar-refractivity contribution in [1.82, 2.24) is 9.13 Å². The predicted octanol–water partition coefficient (Wildman–Crippen LogP) is 14.7. The summed E-state index contributed by atoms with van der Waals surface area (Å²) < 4.78 is 4.77. The first-order valence-corrected chi connectivity index (χ1v) is 19.5. The minimum Gasteiger partial charge on any atom is -0.310 e. The molecule has 11 aromatic rings. The Labute approximate surface area is 331 Å². The fraction of sp³-hybridized carbons (Fsp3) is 0. The smallest absolute Gasteiger partial charge is 0.0561 e. The Balaban J connectivity index is 1.01. The van der Waals surface area contributed by atoms with Crippen molar-refractivity contribution in [1.29, 1.82) is 0 Å². The second-order valence-corrected chi connectivity index (χ2v) is 14.6. The van der Waals surface area contributed by atoms with E-state index in [1.807, 2.05) is 0 Å². The molecule has 0 aliphatic rings. The Hall–Kier alpha value is -7.62. The summed E-state index contributed by atoms with van der Waals surface area (Å²) >= 11 is 0. The summed E-state index contributed by atoms with van der Waals surface area (Å²) in [4.78, 5) is 2.37. The van der Waals surface area contributed by atoms with Gasteiger partial charge in [-0.25, -0.2) is 0 Å². The first kappa shape index (κ1) is 32.8. The second-order valence-electron chi connectivity index (χ2n) is 14.6. The molecule has 57 heavy (non-hydrogen) atoms. The van der Waals surface area contributed by atoms with Crippen LogP contribution in [0.3, 0.4) is 0 Å². The third-order valence-electron chi connectivity index (χ3n) is 11.3. The van der Waals surface area contributed by atoms with Gasteiger partial charge in [-0.2, -0.15) is 0 Å². The van der Waals surface area contributed by atoms with Gasteiger partial charge in [-0.05, 0) is 101 Å². The van der Waals surface area contributed by atoms with E-state index in [-0.39, 0.29) is 0 Å². The molecule has 0 unspecified atom stereocenters. The fourth-order valence-electron chi connectivity index (χ4n) is 8.66. The topological polar surface area (TPSA) is 13.1 Å². The molecule has 0 radical (unpaired) electrons. The highest BCUT2D eigenvalue weighted by molar-refractivity contribution is 6.11. The van der Waals surface area contributed by atoms with Gasteiger partial charge in [0.25, 0.3) is 0 Å². The van der Waals surface area contributed by atoms with Gasteiger partial charge in [0, 0.05) is 50.0 Å². The third-order valence-corrected chi connectivity index (χ3v) is 11.3. The molecular weight excluding hydrogens is 691 g/mol. The largest absolute Gasteiger partial charge is 0.310 e. The van der Waals surface area contributed by atoms with Gasteiger partial charge in [0.05, 0.1) is 22.1 Å². The predicted molar refractivity (Wildman–Crippen MR) is 241 cm³/mol. The van der Waals surface area contributed by atoms with Crippen LogP contribution in [-0.2, 0) is 0 Å². The van der Waals surface area contributed by atoms with Gasteiger partial charge in [0.15, 0.2) is 0 Å². The van der Waals surface area contributed by atoms with Crippen LogP contribution in [0.5, 0.6) is 0 Å². The number of benzene rings is 9. The third kappa shape index (κ3) is 5.60. The lowest BCUT2D eigenvalue weighted by molar-refractivity contribution is 1.18. The van der Waals surface area contributed by atoms with E-state index in [4.69, 9.17) is 0 Å². The summed E-state index contributed by atoms with van der Waals surface area (Å²) in [6.45, 7) is 0. The lowest BCUT2D eigenvalue weighted by atomic mass is 10.0. The van der Waals surface area contributed by atoms with E-state index in [0.29, 0.717) is 0 Å². The Kier molecular flexibility index (Phi) is 7.82. The number of hydrogen-bond donors (Lipinski definition) is 0. The molecule has 0 spiro atoms. The number of rotatable bonds is 7. The van der Waals surface area contributed by atoms with Crippen LogP contribution in [-0.4, -0.2) is 9.13 Å². The number of nitrogens with zero attached hydrogens (tertiary/aromatic N) is 3. The van der Waals surface area contributed by atoms with Crippen molar-refractivity contribution >= 4 is 60.7 Å². The van der Waals surface area contributed by atoms with Gasteiger partial charge < -0.3 is 14.0 Å². The Bertz CT molecular complexity index is 3160. The Morgan fingerprint density at radius 1 is 0.246 bits per heavy atom. The molecule has 0 bridgehead atoms. The fourth-order valence-corrected chi connectivity index (χ4v) is 8.66. The number of hydrogen-bond acceptors (Lipinski definition) is 1. The van der Waals surface area contributed by atoms with Crippen molar-refractivity contribution in [3.63, 3.8) is 0 Å². The zero-order chi connectivity index (χ0) is 37.7. The van der Waals surface area contributed by atoms with Crippen molar-refractivity contribution in [3.8, 4) is 33.6 Å². The standard InChI is InChI=1S/C54H37N3/c1-3-14-38(15-4-1)39-26-30-44(31-27-39)57-53-25-12-9-22-49(53)50-35-34-46(37-54(50)57)55(42-17-5-2-6-18-42)45-19-13-16-41(36-45)40-28-32-43(33-29-40)56-51-23-10-7-20-47(51)48-21-8-11-24-52(48)56/h1-37H. The van der Waals surface area contributed by atoms with Crippen molar-refractivity contribution in [2.45, 2.75) is 0 Å². The van der Waals surface area contributed by atoms with E-state index in [1.54, 1.807) is 0 Å². The van der Waals surface area contributed by atoms with Crippen LogP contribution in [0, 0.1) is 0 Å². The van der Waals surface area contributed by atoms with Crippen LogP contribution < -0.4 is 4.90 Å². The van der Waals surface area contributed by atoms with E-state index >= 15 is 0 Å². The van der Waals surface area contributed by atoms with Crippen molar-refractivity contribution in [2.24, 2.45) is 0 Å². The minimum absolute atomic E-state index is 1.09. The summed E-state index contributed by atoms with van der Waals surface area (Å²) in [6, 6.07) is 81.1. The van der Waals surface area contributed by atoms with E-state index in [1.165, 1.54) is 60.3 Å². The van der Waals surface area contributed by atoms with Gasteiger partial charge in [-0.3, -0.25) is 0 Å². The molecule has 9 aromatic carbocycles. The quantitative estimate of drug-likeness (QED) is 0.159. The van der Waals surface area contributed by atoms with Gasteiger partial charge >= 0.3 is 0 Å². The lowest BCUT2D eigenvalue weighted by Gasteiger charge is -2.26. The van der Waals surface area contributed by atoms with Crippen molar-refractivity contribution < 1.29 is 0 Å². The maximum absolute atomic E-state index is 2.40. The van der Waals surface area contributed by atoms with Gasteiger partial charge in [-0.15, -0.1) is 0 Å². The first-order chi connectivity index (χ1) is 28.3. The second kappa shape index (κ2) is 13.6. The summed E-state index contributed by atoms with van der Waals surface area (Å²) in [5, 5.41) is 5.01. The monoisotopic (exact) mass is 727 g/mol. The highest BCUT2D eigenvalue weighted by Crippen LogP contribution is 2.41. The zero-order valence-electron chi connectivity index (χ0n) is 31.2. The van der Waals surface area contributed by atoms with Crippen LogP contribution in [0.1, 0.15) is 0 Å². The normalized spacial score (nSPS) is 11.5. The van der Waals surface area contributed by atoms with Crippen molar-refractivity contribution in [2.75, 3.05) is 4.90 Å². The SMILES string of the molecule is c1ccc(-c2ccc(-n3c4ccccc4c4ccc(N(c5ccccc5)c5cccc(-c6ccc(-n7c8ccccc8c8ccccc87)cc6)c5)cc43)cc2)cc1. The first-order valence-electron chi connectivity index (χ1n) is 19.5. The van der Waals surface area contributed by atoms with E-state index in [9.17, 15) is 0 Å². The number of fused-ring (bicyclic) bond motifs is 6. The molecule has 0 aliphatic carbocycles. The molecule has 0 amide bonds. The Morgan fingerprint density at radius 2 is 0.649 bits per heavy atom. The van der Waals surface area contributed by atoms with Gasteiger partial charge in [-0.1, -0.05) is 146 Å². The van der Waals surface area contributed by atoms with Gasteiger partial charge in [0.1, 0.15) is 0 Å². The molecular formula is C54H37N3. The maximum Gasteiger partial charge on any atom is 0.0561 e. The number of para-hydroxylation sites is 4.